The van der Waals surface area contributed by atoms with Crippen LogP contribution in [0, 0.1) is 0 Å². The lowest BCUT2D eigenvalue weighted by atomic mass is 10.1. The van der Waals surface area contributed by atoms with E-state index < -0.39 is 0 Å². The molecule has 0 aliphatic heterocycles. The molecule has 104 valence electrons. The second-order valence-electron chi connectivity index (χ2n) is 4.71. The lowest BCUT2D eigenvalue weighted by Crippen LogP contribution is -2.00. The van der Waals surface area contributed by atoms with Crippen molar-refractivity contribution in [3.8, 4) is 11.6 Å². The summed E-state index contributed by atoms with van der Waals surface area (Å²) >= 11 is 0. The van der Waals surface area contributed by atoms with E-state index in [0.717, 1.165) is 24.3 Å². The van der Waals surface area contributed by atoms with E-state index in [4.69, 9.17) is 4.74 Å². The van der Waals surface area contributed by atoms with E-state index in [1.807, 2.05) is 48.5 Å². The van der Waals surface area contributed by atoms with Gasteiger partial charge in [0.15, 0.2) is 0 Å². The Morgan fingerprint density at radius 2 is 1.38 bits per heavy atom. The summed E-state index contributed by atoms with van der Waals surface area (Å²) in [4.78, 5) is 8.70. The topological polar surface area (TPSA) is 35.0 Å². The minimum absolute atomic E-state index is 0.583. The minimum Gasteiger partial charge on any atom is -0.437 e. The lowest BCUT2D eigenvalue weighted by molar-refractivity contribution is 0.451. The van der Waals surface area contributed by atoms with E-state index in [0.29, 0.717) is 5.88 Å². The molecule has 0 fully saturated rings. The summed E-state index contributed by atoms with van der Waals surface area (Å²) in [5, 5.41) is 0. The molecule has 21 heavy (non-hydrogen) atoms. The van der Waals surface area contributed by atoms with Gasteiger partial charge in [-0.15, -0.1) is 0 Å². The maximum absolute atomic E-state index is 5.82. The fraction of sp³-hybridized carbons (Fsp3) is 0.111. The van der Waals surface area contributed by atoms with Crippen LogP contribution in [0.2, 0.25) is 0 Å². The fourth-order valence-corrected chi connectivity index (χ4v) is 2.12. The average Bonchev–Trinajstić information content (AvgIpc) is 2.56. The minimum atomic E-state index is 0.583. The molecule has 0 N–H and O–H groups in total. The predicted octanol–water partition coefficient (Wildman–Crippen LogP) is 4.05. The summed E-state index contributed by atoms with van der Waals surface area (Å²) in [5.41, 5.74) is 2.17. The van der Waals surface area contributed by atoms with Gasteiger partial charge in [-0.2, -0.15) is 0 Å². The van der Waals surface area contributed by atoms with Crippen LogP contribution in [0.5, 0.6) is 11.6 Å². The van der Waals surface area contributed by atoms with Crippen molar-refractivity contribution in [1.29, 1.82) is 0 Å². The predicted molar refractivity (Wildman–Crippen MR) is 82.4 cm³/mol. The van der Waals surface area contributed by atoms with Gasteiger partial charge in [0.05, 0.1) is 0 Å². The normalized spacial score (nSPS) is 10.3. The standard InChI is InChI=1S/C18H16N2O/c1-3-7-15(8-4-1)11-12-17-18(20-14-13-19-17)21-16-9-5-2-6-10-16/h1-10,13-14H,11-12H2. The summed E-state index contributed by atoms with van der Waals surface area (Å²) in [7, 11) is 0. The van der Waals surface area contributed by atoms with Gasteiger partial charge < -0.3 is 4.74 Å². The molecule has 0 atom stereocenters. The number of hydrogen-bond acceptors (Lipinski definition) is 3. The first-order chi connectivity index (χ1) is 10.4. The number of hydrogen-bond donors (Lipinski definition) is 0. The molecule has 3 heteroatoms. The van der Waals surface area contributed by atoms with Crippen molar-refractivity contribution in [2.75, 3.05) is 0 Å². The average molecular weight is 276 g/mol. The molecule has 3 rings (SSSR count). The van der Waals surface area contributed by atoms with Gasteiger partial charge >= 0.3 is 0 Å². The molecular weight excluding hydrogens is 260 g/mol. The molecule has 1 heterocycles. The highest BCUT2D eigenvalue weighted by Crippen LogP contribution is 2.22. The highest BCUT2D eigenvalue weighted by molar-refractivity contribution is 5.29. The second kappa shape index (κ2) is 6.66. The van der Waals surface area contributed by atoms with Gasteiger partial charge in [-0.3, -0.25) is 4.98 Å². The fourth-order valence-electron chi connectivity index (χ4n) is 2.12. The number of para-hydroxylation sites is 1. The number of rotatable bonds is 5. The van der Waals surface area contributed by atoms with Gasteiger partial charge in [-0.05, 0) is 30.5 Å². The van der Waals surface area contributed by atoms with Crippen LogP contribution in [0.1, 0.15) is 11.3 Å². The molecule has 0 radical (unpaired) electrons. The number of aromatic nitrogens is 2. The van der Waals surface area contributed by atoms with Crippen LogP contribution in [-0.4, -0.2) is 9.97 Å². The van der Waals surface area contributed by atoms with E-state index in [-0.39, 0.29) is 0 Å². The Bertz CT molecular complexity index is 684. The molecule has 3 aromatic rings. The molecule has 0 spiro atoms. The zero-order chi connectivity index (χ0) is 14.3. The summed E-state index contributed by atoms with van der Waals surface area (Å²) < 4.78 is 5.82. The van der Waals surface area contributed by atoms with Crippen LogP contribution in [0.15, 0.2) is 73.1 Å². The zero-order valence-electron chi connectivity index (χ0n) is 11.6. The molecular formula is C18H16N2O. The van der Waals surface area contributed by atoms with Crippen LogP contribution in [0.3, 0.4) is 0 Å². The smallest absolute Gasteiger partial charge is 0.241 e. The van der Waals surface area contributed by atoms with Gasteiger partial charge in [0.1, 0.15) is 11.4 Å². The molecule has 0 amide bonds. The largest absolute Gasteiger partial charge is 0.437 e. The van der Waals surface area contributed by atoms with Gasteiger partial charge in [0, 0.05) is 12.4 Å². The third kappa shape index (κ3) is 3.66. The van der Waals surface area contributed by atoms with E-state index in [1.54, 1.807) is 12.4 Å². The van der Waals surface area contributed by atoms with Crippen LogP contribution in [0.25, 0.3) is 0 Å². The first-order valence-electron chi connectivity index (χ1n) is 6.98. The Labute approximate surface area is 124 Å². The van der Waals surface area contributed by atoms with E-state index >= 15 is 0 Å². The molecule has 0 aliphatic rings. The summed E-state index contributed by atoms with van der Waals surface area (Å²) in [6.07, 6.45) is 5.09. The Hall–Kier alpha value is -2.68. The number of benzene rings is 2. The molecule has 3 nitrogen and oxygen atoms in total. The van der Waals surface area contributed by atoms with Gasteiger partial charge in [-0.1, -0.05) is 48.5 Å². The first kappa shape index (κ1) is 13.3. The van der Waals surface area contributed by atoms with Crippen LogP contribution in [0.4, 0.5) is 0 Å². The highest BCUT2D eigenvalue weighted by Gasteiger charge is 2.07. The van der Waals surface area contributed by atoms with Crippen LogP contribution < -0.4 is 4.74 Å². The Kier molecular flexibility index (Phi) is 4.22. The molecule has 1 aromatic heterocycles. The van der Waals surface area contributed by atoms with Crippen LogP contribution >= 0.6 is 0 Å². The third-order valence-electron chi connectivity index (χ3n) is 3.19. The van der Waals surface area contributed by atoms with E-state index in [9.17, 15) is 0 Å². The monoisotopic (exact) mass is 276 g/mol. The van der Waals surface area contributed by atoms with Gasteiger partial charge in [-0.25, -0.2) is 4.98 Å². The van der Waals surface area contributed by atoms with Crippen molar-refractivity contribution in [2.24, 2.45) is 0 Å². The van der Waals surface area contributed by atoms with Crippen molar-refractivity contribution >= 4 is 0 Å². The zero-order valence-corrected chi connectivity index (χ0v) is 11.6. The van der Waals surface area contributed by atoms with Crippen molar-refractivity contribution in [1.82, 2.24) is 9.97 Å². The third-order valence-corrected chi connectivity index (χ3v) is 3.19. The molecule has 2 aromatic carbocycles. The molecule has 0 aliphatic carbocycles. The highest BCUT2D eigenvalue weighted by atomic mass is 16.5. The summed E-state index contributed by atoms with van der Waals surface area (Å²) in [5.74, 6) is 1.36. The number of nitrogens with zero attached hydrogens (tertiary/aromatic N) is 2. The maximum atomic E-state index is 5.82. The van der Waals surface area contributed by atoms with Gasteiger partial charge in [0.2, 0.25) is 5.88 Å². The second-order valence-corrected chi connectivity index (χ2v) is 4.71. The van der Waals surface area contributed by atoms with Crippen molar-refractivity contribution in [3.05, 3.63) is 84.3 Å². The Morgan fingerprint density at radius 1 is 0.714 bits per heavy atom. The quantitative estimate of drug-likeness (QED) is 0.705. The number of aryl methyl sites for hydroxylation is 2. The molecule has 0 saturated carbocycles. The van der Waals surface area contributed by atoms with E-state index in [1.165, 1.54) is 5.56 Å². The lowest BCUT2D eigenvalue weighted by Gasteiger charge is -2.08. The summed E-state index contributed by atoms with van der Waals surface area (Å²) in [6.45, 7) is 0. The van der Waals surface area contributed by atoms with Crippen molar-refractivity contribution in [2.45, 2.75) is 12.8 Å². The summed E-state index contributed by atoms with van der Waals surface area (Å²) in [6, 6.07) is 20.0. The number of ether oxygens (including phenoxy) is 1. The van der Waals surface area contributed by atoms with Crippen molar-refractivity contribution < 1.29 is 4.74 Å². The SMILES string of the molecule is c1ccc(CCc2nccnc2Oc2ccccc2)cc1. The maximum Gasteiger partial charge on any atom is 0.241 e. The van der Waals surface area contributed by atoms with Gasteiger partial charge in [0.25, 0.3) is 0 Å². The molecule has 0 unspecified atom stereocenters. The first-order valence-corrected chi connectivity index (χ1v) is 6.98. The van der Waals surface area contributed by atoms with E-state index in [2.05, 4.69) is 22.1 Å². The Balaban J connectivity index is 1.73. The van der Waals surface area contributed by atoms with Crippen molar-refractivity contribution in [3.63, 3.8) is 0 Å². The Morgan fingerprint density at radius 3 is 2.14 bits per heavy atom. The molecule has 0 bridgehead atoms. The molecule has 0 saturated heterocycles. The van der Waals surface area contributed by atoms with Crippen LogP contribution in [-0.2, 0) is 12.8 Å².